The van der Waals surface area contributed by atoms with Gasteiger partial charge >= 0.3 is 0 Å². The zero-order valence-electron chi connectivity index (χ0n) is 9.98. The van der Waals surface area contributed by atoms with E-state index >= 15 is 0 Å². The van der Waals surface area contributed by atoms with Crippen molar-refractivity contribution in [2.24, 2.45) is 0 Å². The van der Waals surface area contributed by atoms with E-state index in [0.29, 0.717) is 6.07 Å². The van der Waals surface area contributed by atoms with Gasteiger partial charge in [0, 0.05) is 6.20 Å². The number of halogens is 3. The predicted molar refractivity (Wildman–Crippen MR) is 63.2 cm³/mol. The van der Waals surface area contributed by atoms with E-state index in [2.05, 4.69) is 4.98 Å². The highest BCUT2D eigenvalue weighted by Crippen LogP contribution is 2.22. The number of pyridine rings is 1. The Hall–Kier alpha value is -2.68. The highest BCUT2D eigenvalue weighted by molar-refractivity contribution is 6.02. The fraction of sp³-hybridized carbons (Fsp3) is 0.0714. The largest absolute Gasteiger partial charge is 0.292 e. The summed E-state index contributed by atoms with van der Waals surface area (Å²) in [5, 5.41) is 9.02. The number of nitrogens with zero attached hydrogens (tertiary/aromatic N) is 2. The van der Waals surface area contributed by atoms with Crippen molar-refractivity contribution < 1.29 is 18.0 Å². The van der Waals surface area contributed by atoms with Crippen LogP contribution in [0.5, 0.6) is 0 Å². The van der Waals surface area contributed by atoms with Crippen LogP contribution in [-0.4, -0.2) is 10.8 Å². The van der Waals surface area contributed by atoms with E-state index in [1.54, 1.807) is 18.2 Å². The van der Waals surface area contributed by atoms with Gasteiger partial charge in [0.15, 0.2) is 29.2 Å². The quantitative estimate of drug-likeness (QED) is 0.639. The van der Waals surface area contributed by atoms with E-state index in [1.165, 1.54) is 12.3 Å². The summed E-state index contributed by atoms with van der Waals surface area (Å²) >= 11 is 0. The predicted octanol–water partition coefficient (Wildman–Crippen LogP) is 2.99. The third kappa shape index (κ3) is 2.38. The fourth-order valence-corrected chi connectivity index (χ4v) is 1.68. The van der Waals surface area contributed by atoms with Crippen LogP contribution in [0.3, 0.4) is 0 Å². The molecule has 20 heavy (non-hydrogen) atoms. The molecule has 0 aliphatic rings. The van der Waals surface area contributed by atoms with Crippen LogP contribution in [0.25, 0.3) is 0 Å². The van der Waals surface area contributed by atoms with E-state index < -0.39 is 34.7 Å². The van der Waals surface area contributed by atoms with E-state index in [9.17, 15) is 18.0 Å². The summed E-state index contributed by atoms with van der Waals surface area (Å²) in [7, 11) is 0. The first kappa shape index (κ1) is 13.7. The smallest absolute Gasteiger partial charge is 0.195 e. The number of nitriles is 1. The molecule has 0 N–H and O–H groups in total. The highest BCUT2D eigenvalue weighted by atomic mass is 19.2. The Morgan fingerprint density at radius 2 is 1.90 bits per heavy atom. The molecular formula is C14H7F3N2O. The van der Waals surface area contributed by atoms with Gasteiger partial charge in [0.25, 0.3) is 0 Å². The van der Waals surface area contributed by atoms with Gasteiger partial charge in [0.05, 0.1) is 17.3 Å². The van der Waals surface area contributed by atoms with Gasteiger partial charge in [0.1, 0.15) is 0 Å². The maximum Gasteiger partial charge on any atom is 0.195 e. The van der Waals surface area contributed by atoms with Gasteiger partial charge in [-0.05, 0) is 24.3 Å². The van der Waals surface area contributed by atoms with E-state index in [1.807, 2.05) is 0 Å². The number of benzene rings is 1. The van der Waals surface area contributed by atoms with Crippen LogP contribution in [0.4, 0.5) is 13.2 Å². The second kappa shape index (κ2) is 5.53. The van der Waals surface area contributed by atoms with Crippen LogP contribution in [0.15, 0.2) is 36.5 Å². The molecule has 0 fully saturated rings. The second-order valence-corrected chi connectivity index (χ2v) is 3.90. The lowest BCUT2D eigenvalue weighted by Gasteiger charge is -2.09. The molecule has 1 unspecified atom stereocenters. The van der Waals surface area contributed by atoms with Crippen LogP contribution in [0.1, 0.15) is 22.0 Å². The van der Waals surface area contributed by atoms with E-state index in [-0.39, 0.29) is 5.69 Å². The van der Waals surface area contributed by atoms with Crippen LogP contribution < -0.4 is 0 Å². The highest BCUT2D eigenvalue weighted by Gasteiger charge is 2.27. The van der Waals surface area contributed by atoms with Crippen LogP contribution in [0.2, 0.25) is 0 Å². The molecule has 0 radical (unpaired) electrons. The first-order valence-corrected chi connectivity index (χ1v) is 5.54. The standard InChI is InChI=1S/C14H7F3N2O/c15-10-5-4-8(12(16)13(10)17)14(20)9(7-18)11-3-1-2-6-19-11/h1-6,9H. The van der Waals surface area contributed by atoms with Gasteiger partial charge in [-0.25, -0.2) is 13.2 Å². The summed E-state index contributed by atoms with van der Waals surface area (Å²) in [5.74, 6) is -7.09. The third-order valence-corrected chi connectivity index (χ3v) is 2.68. The van der Waals surface area contributed by atoms with Crippen molar-refractivity contribution in [2.75, 3.05) is 0 Å². The minimum Gasteiger partial charge on any atom is -0.292 e. The Kier molecular flexibility index (Phi) is 3.80. The Bertz CT molecular complexity index is 696. The summed E-state index contributed by atoms with van der Waals surface area (Å²) < 4.78 is 39.5. The van der Waals surface area contributed by atoms with E-state index in [0.717, 1.165) is 6.07 Å². The Morgan fingerprint density at radius 3 is 2.50 bits per heavy atom. The first-order chi connectivity index (χ1) is 9.56. The molecule has 0 aliphatic carbocycles. The van der Waals surface area contributed by atoms with Gasteiger partial charge in [0.2, 0.25) is 0 Å². The van der Waals surface area contributed by atoms with E-state index in [4.69, 9.17) is 5.26 Å². The molecule has 2 aromatic rings. The normalized spacial score (nSPS) is 11.7. The minimum absolute atomic E-state index is 0.115. The SMILES string of the molecule is N#CC(C(=O)c1ccc(F)c(F)c1F)c1ccccn1. The van der Waals surface area contributed by atoms with Crippen molar-refractivity contribution in [1.29, 1.82) is 5.26 Å². The van der Waals surface area contributed by atoms with Crippen LogP contribution >= 0.6 is 0 Å². The number of carbonyl (C=O) groups is 1. The van der Waals surface area contributed by atoms with Crippen molar-refractivity contribution in [3.8, 4) is 6.07 Å². The summed E-state index contributed by atoms with van der Waals surface area (Å²) in [6.45, 7) is 0. The lowest BCUT2D eigenvalue weighted by Crippen LogP contribution is -2.15. The molecule has 0 amide bonds. The average molecular weight is 276 g/mol. The summed E-state index contributed by atoms with van der Waals surface area (Å²) in [6, 6.07) is 7.69. The van der Waals surface area contributed by atoms with Crippen LogP contribution in [0, 0.1) is 28.8 Å². The summed E-state index contributed by atoms with van der Waals surface area (Å²) in [4.78, 5) is 15.9. The van der Waals surface area contributed by atoms with Crippen molar-refractivity contribution in [3.63, 3.8) is 0 Å². The minimum atomic E-state index is -1.74. The maximum absolute atomic E-state index is 13.6. The molecule has 1 aromatic carbocycles. The monoisotopic (exact) mass is 276 g/mol. The molecule has 6 heteroatoms. The zero-order valence-corrected chi connectivity index (χ0v) is 9.98. The molecule has 0 saturated carbocycles. The molecule has 0 bridgehead atoms. The summed E-state index contributed by atoms with van der Waals surface area (Å²) in [5.41, 5.74) is -0.565. The molecule has 100 valence electrons. The van der Waals surface area contributed by atoms with Crippen molar-refractivity contribution in [3.05, 3.63) is 65.2 Å². The Labute approximate surface area is 112 Å². The number of carbonyl (C=O) groups excluding carboxylic acids is 1. The van der Waals surface area contributed by atoms with Gasteiger partial charge in [-0.3, -0.25) is 9.78 Å². The van der Waals surface area contributed by atoms with Gasteiger partial charge in [-0.1, -0.05) is 6.07 Å². The van der Waals surface area contributed by atoms with Crippen molar-refractivity contribution in [2.45, 2.75) is 5.92 Å². The second-order valence-electron chi connectivity index (χ2n) is 3.90. The number of rotatable bonds is 3. The number of hydrogen-bond acceptors (Lipinski definition) is 3. The lowest BCUT2D eigenvalue weighted by molar-refractivity contribution is 0.0972. The van der Waals surface area contributed by atoms with Gasteiger partial charge in [-0.15, -0.1) is 0 Å². The molecule has 1 atom stereocenters. The lowest BCUT2D eigenvalue weighted by atomic mass is 9.95. The number of ketones is 1. The molecule has 3 nitrogen and oxygen atoms in total. The van der Waals surface area contributed by atoms with Gasteiger partial charge < -0.3 is 0 Å². The Balaban J connectivity index is 2.46. The van der Waals surface area contributed by atoms with Crippen LogP contribution in [-0.2, 0) is 0 Å². The molecule has 2 rings (SSSR count). The number of aromatic nitrogens is 1. The summed E-state index contributed by atoms with van der Waals surface area (Å²) in [6.07, 6.45) is 1.37. The molecule has 1 heterocycles. The fourth-order valence-electron chi connectivity index (χ4n) is 1.68. The molecule has 0 aliphatic heterocycles. The maximum atomic E-state index is 13.6. The molecule has 1 aromatic heterocycles. The number of hydrogen-bond donors (Lipinski definition) is 0. The zero-order chi connectivity index (χ0) is 14.7. The molecule has 0 spiro atoms. The topological polar surface area (TPSA) is 53.8 Å². The average Bonchev–Trinajstić information content (AvgIpc) is 2.47. The van der Waals surface area contributed by atoms with Gasteiger partial charge in [-0.2, -0.15) is 5.26 Å². The molecular weight excluding hydrogens is 269 g/mol. The first-order valence-electron chi connectivity index (χ1n) is 5.54. The third-order valence-electron chi connectivity index (χ3n) is 2.68. The Morgan fingerprint density at radius 1 is 1.15 bits per heavy atom. The number of Topliss-reactive ketones (excluding diaryl/α,β-unsaturated/α-hetero) is 1. The van der Waals surface area contributed by atoms with Crippen molar-refractivity contribution >= 4 is 5.78 Å². The molecule has 0 saturated heterocycles. The van der Waals surface area contributed by atoms with Crippen molar-refractivity contribution in [1.82, 2.24) is 4.98 Å².